The van der Waals surface area contributed by atoms with E-state index in [1.54, 1.807) is 42.5 Å². The molecule has 7 heteroatoms. The zero-order chi connectivity index (χ0) is 18.0. The normalized spacial score (nSPS) is 17.0. The fourth-order valence-electron chi connectivity index (χ4n) is 2.60. The summed E-state index contributed by atoms with van der Waals surface area (Å²) in [5.74, 6) is -1.51. The third-order valence-electron chi connectivity index (χ3n) is 3.80. The van der Waals surface area contributed by atoms with Gasteiger partial charge in [0.2, 0.25) is 0 Å². The lowest BCUT2D eigenvalue weighted by Crippen LogP contribution is -2.43. The van der Waals surface area contributed by atoms with Crippen LogP contribution in [-0.4, -0.2) is 34.1 Å². The first-order valence-electron chi connectivity index (χ1n) is 7.62. The van der Waals surface area contributed by atoms with Crippen molar-refractivity contribution in [2.75, 3.05) is 16.3 Å². The van der Waals surface area contributed by atoms with Crippen molar-refractivity contribution >= 4 is 40.3 Å². The second kappa shape index (κ2) is 6.98. The maximum Gasteiger partial charge on any atom is 0.323 e. The molecule has 1 aliphatic rings. The van der Waals surface area contributed by atoms with Crippen molar-refractivity contribution in [3.05, 3.63) is 60.2 Å². The average Bonchev–Trinajstić information content (AvgIpc) is 2.89. The van der Waals surface area contributed by atoms with Crippen LogP contribution < -0.4 is 9.80 Å². The first-order chi connectivity index (χ1) is 12.0. The van der Waals surface area contributed by atoms with Gasteiger partial charge in [0.05, 0.1) is 5.69 Å². The first kappa shape index (κ1) is 17.0. The van der Waals surface area contributed by atoms with Gasteiger partial charge in [-0.1, -0.05) is 35.9 Å². The molecule has 0 bridgehead atoms. The lowest BCUT2D eigenvalue weighted by atomic mass is 10.2. The zero-order valence-corrected chi connectivity index (χ0v) is 14.3. The third-order valence-corrected chi connectivity index (χ3v) is 4.86. The molecule has 2 aromatic rings. The fourth-order valence-corrected chi connectivity index (χ4v) is 3.62. The highest BCUT2D eigenvalue weighted by Crippen LogP contribution is 2.35. The summed E-state index contributed by atoms with van der Waals surface area (Å²) < 4.78 is 0. The van der Waals surface area contributed by atoms with Crippen molar-refractivity contribution in [3.8, 4) is 0 Å². The van der Waals surface area contributed by atoms with Gasteiger partial charge in [0.1, 0.15) is 6.54 Å². The maximum absolute atomic E-state index is 12.8. The van der Waals surface area contributed by atoms with Gasteiger partial charge < -0.3 is 10.0 Å². The van der Waals surface area contributed by atoms with Crippen molar-refractivity contribution in [1.29, 1.82) is 0 Å². The van der Waals surface area contributed by atoms with E-state index < -0.39 is 22.5 Å². The number of para-hydroxylation sites is 1. The Kier molecular flexibility index (Phi) is 4.76. The number of nitrogens with zero attached hydrogens (tertiary/aromatic N) is 2. The summed E-state index contributed by atoms with van der Waals surface area (Å²) in [6.07, 6.45) is 0. The van der Waals surface area contributed by atoms with Crippen LogP contribution in [0.2, 0.25) is 0 Å². The van der Waals surface area contributed by atoms with Crippen LogP contribution in [0.15, 0.2) is 54.6 Å². The minimum Gasteiger partial charge on any atom is -0.480 e. The summed E-state index contributed by atoms with van der Waals surface area (Å²) in [4.78, 5) is 39.0. The van der Waals surface area contributed by atoms with Crippen LogP contribution in [0.1, 0.15) is 5.56 Å². The van der Waals surface area contributed by atoms with Gasteiger partial charge in [-0.15, -0.1) is 0 Å². The molecule has 25 heavy (non-hydrogen) atoms. The Balaban J connectivity index is 1.93. The van der Waals surface area contributed by atoms with E-state index >= 15 is 0 Å². The highest BCUT2D eigenvalue weighted by molar-refractivity contribution is 8.16. The van der Waals surface area contributed by atoms with E-state index in [1.807, 2.05) is 19.1 Å². The lowest BCUT2D eigenvalue weighted by Gasteiger charge is -2.27. The quantitative estimate of drug-likeness (QED) is 0.887. The van der Waals surface area contributed by atoms with Crippen molar-refractivity contribution in [2.45, 2.75) is 12.3 Å². The van der Waals surface area contributed by atoms with Crippen molar-refractivity contribution < 1.29 is 19.5 Å². The molecule has 1 atom stereocenters. The predicted molar refractivity (Wildman–Crippen MR) is 96.9 cm³/mol. The smallest absolute Gasteiger partial charge is 0.323 e. The number of carboxylic acid groups (broad SMARTS) is 1. The summed E-state index contributed by atoms with van der Waals surface area (Å²) in [5.41, 5.74) is 2.08. The van der Waals surface area contributed by atoms with Crippen LogP contribution in [0.4, 0.5) is 16.2 Å². The summed E-state index contributed by atoms with van der Waals surface area (Å²) in [7, 11) is 0. The zero-order valence-electron chi connectivity index (χ0n) is 13.5. The van der Waals surface area contributed by atoms with Gasteiger partial charge in [-0.2, -0.15) is 0 Å². The van der Waals surface area contributed by atoms with Gasteiger partial charge >= 0.3 is 5.97 Å². The van der Waals surface area contributed by atoms with E-state index in [9.17, 15) is 19.5 Å². The molecule has 0 aromatic heterocycles. The summed E-state index contributed by atoms with van der Waals surface area (Å²) in [5, 5.41) is 7.89. The van der Waals surface area contributed by atoms with Gasteiger partial charge in [0, 0.05) is 5.69 Å². The van der Waals surface area contributed by atoms with Crippen LogP contribution in [0.25, 0.3) is 0 Å². The number of thioether (sulfide) groups is 1. The van der Waals surface area contributed by atoms with Crippen LogP contribution in [0.3, 0.4) is 0 Å². The number of amides is 2. The molecule has 1 saturated heterocycles. The molecule has 2 aromatic carbocycles. The second-order valence-electron chi connectivity index (χ2n) is 5.60. The standard InChI is InChI=1S/C18H16N2O4S/c1-12-7-9-14(10-8-12)20-16(23)17(25-18(20)24)19(11-15(21)22)13-5-3-2-4-6-13/h2-10,17H,11H2,1H3,(H,21,22)/t17-/m0/s1. The van der Waals surface area contributed by atoms with E-state index in [2.05, 4.69) is 0 Å². The number of rotatable bonds is 5. The van der Waals surface area contributed by atoms with E-state index in [4.69, 9.17) is 0 Å². The second-order valence-corrected chi connectivity index (χ2v) is 6.63. The van der Waals surface area contributed by atoms with E-state index in [0.717, 1.165) is 22.2 Å². The Morgan fingerprint density at radius 3 is 2.36 bits per heavy atom. The largest absolute Gasteiger partial charge is 0.480 e. The SMILES string of the molecule is Cc1ccc(N2C(=O)S[C@H](N(CC(=O)O)c3ccccc3)C2=O)cc1. The number of carbonyl (C=O) groups is 3. The van der Waals surface area contributed by atoms with Crippen molar-refractivity contribution in [2.24, 2.45) is 0 Å². The Morgan fingerprint density at radius 2 is 1.76 bits per heavy atom. The van der Waals surface area contributed by atoms with Gasteiger partial charge in [-0.05, 0) is 43.0 Å². The Bertz CT molecular complexity index is 808. The molecule has 0 unspecified atom stereocenters. The Labute approximate surface area is 149 Å². The molecule has 6 nitrogen and oxygen atoms in total. The number of imide groups is 1. The molecule has 0 aliphatic carbocycles. The predicted octanol–water partition coefficient (Wildman–Crippen LogP) is 3.11. The third kappa shape index (κ3) is 3.51. The number of hydrogen-bond donors (Lipinski definition) is 1. The van der Waals surface area contributed by atoms with Gasteiger partial charge in [-0.3, -0.25) is 14.4 Å². The number of benzene rings is 2. The number of aliphatic carboxylic acids is 1. The molecule has 0 saturated carbocycles. The van der Waals surface area contributed by atoms with E-state index in [-0.39, 0.29) is 6.54 Å². The summed E-state index contributed by atoms with van der Waals surface area (Å²) in [6.45, 7) is 1.54. The molecule has 2 amide bonds. The van der Waals surface area contributed by atoms with E-state index in [1.165, 1.54) is 4.90 Å². The van der Waals surface area contributed by atoms with Gasteiger partial charge in [-0.25, -0.2) is 4.90 Å². The minimum atomic E-state index is -1.07. The molecule has 1 heterocycles. The van der Waals surface area contributed by atoms with Crippen molar-refractivity contribution in [1.82, 2.24) is 0 Å². The minimum absolute atomic E-state index is 0.373. The molecule has 1 fully saturated rings. The molecule has 1 N–H and O–H groups in total. The van der Waals surface area contributed by atoms with Gasteiger partial charge in [0.25, 0.3) is 11.1 Å². The van der Waals surface area contributed by atoms with Gasteiger partial charge in [0.15, 0.2) is 5.37 Å². The molecular weight excluding hydrogens is 340 g/mol. The number of carbonyl (C=O) groups excluding carboxylic acids is 2. The first-order valence-corrected chi connectivity index (χ1v) is 8.50. The average molecular weight is 356 g/mol. The maximum atomic E-state index is 12.8. The monoisotopic (exact) mass is 356 g/mol. The Morgan fingerprint density at radius 1 is 1.12 bits per heavy atom. The molecule has 0 spiro atoms. The fraction of sp³-hybridized carbons (Fsp3) is 0.167. The van der Waals surface area contributed by atoms with Crippen LogP contribution in [0, 0.1) is 6.92 Å². The highest BCUT2D eigenvalue weighted by Gasteiger charge is 2.44. The number of aryl methyl sites for hydroxylation is 1. The molecule has 128 valence electrons. The highest BCUT2D eigenvalue weighted by atomic mass is 32.2. The summed E-state index contributed by atoms with van der Waals surface area (Å²) in [6, 6.07) is 15.8. The number of hydrogen-bond acceptors (Lipinski definition) is 5. The van der Waals surface area contributed by atoms with Crippen LogP contribution >= 0.6 is 11.8 Å². The van der Waals surface area contributed by atoms with Crippen LogP contribution in [0.5, 0.6) is 0 Å². The Hall–Kier alpha value is -2.80. The van der Waals surface area contributed by atoms with Crippen molar-refractivity contribution in [3.63, 3.8) is 0 Å². The van der Waals surface area contributed by atoms with Crippen LogP contribution in [-0.2, 0) is 9.59 Å². The molecule has 1 aliphatic heterocycles. The molecular formula is C18H16N2O4S. The topological polar surface area (TPSA) is 77.9 Å². The summed E-state index contributed by atoms with van der Waals surface area (Å²) >= 11 is 0.826. The number of anilines is 2. The van der Waals surface area contributed by atoms with E-state index in [0.29, 0.717) is 11.4 Å². The number of carboxylic acids is 1. The lowest BCUT2D eigenvalue weighted by molar-refractivity contribution is -0.135. The molecule has 0 radical (unpaired) electrons. The molecule has 3 rings (SSSR count).